The van der Waals surface area contributed by atoms with Crippen LogP contribution in [0.4, 0.5) is 16.2 Å². The van der Waals surface area contributed by atoms with Crippen LogP contribution in [0.2, 0.25) is 0 Å². The molecule has 1 aromatic carbocycles. The molecule has 0 radical (unpaired) electrons. The summed E-state index contributed by atoms with van der Waals surface area (Å²) in [4.78, 5) is 13.6. The maximum absolute atomic E-state index is 11.3. The average molecular weight is 337 g/mol. The molecule has 23 heavy (non-hydrogen) atoms. The van der Waals surface area contributed by atoms with Crippen LogP contribution in [0.1, 0.15) is 20.8 Å². The summed E-state index contributed by atoms with van der Waals surface area (Å²) in [5.74, 6) is 0. The molecule has 0 saturated carbocycles. The number of carbonyl (C=O) groups excluding carboxylic acids is 1. The molecule has 0 bridgehead atoms. The molecule has 0 aromatic heterocycles. The van der Waals surface area contributed by atoms with E-state index in [1.165, 1.54) is 0 Å². The van der Waals surface area contributed by atoms with E-state index in [1.54, 1.807) is 6.92 Å². The lowest BCUT2D eigenvalue weighted by Crippen LogP contribution is -2.45. The van der Waals surface area contributed by atoms with Gasteiger partial charge in [-0.3, -0.25) is 5.32 Å². The number of ether oxygens (including phenoxy) is 2. The number of hydrogen-bond donors (Lipinski definition) is 2. The van der Waals surface area contributed by atoms with E-state index in [4.69, 9.17) is 21.7 Å². The van der Waals surface area contributed by atoms with Gasteiger partial charge in [-0.05, 0) is 57.3 Å². The van der Waals surface area contributed by atoms with E-state index < -0.39 is 6.09 Å². The fourth-order valence-electron chi connectivity index (χ4n) is 2.57. The van der Waals surface area contributed by atoms with Crippen molar-refractivity contribution in [2.45, 2.75) is 33.0 Å². The Bertz CT molecular complexity index is 540. The Balaban J connectivity index is 1.91. The van der Waals surface area contributed by atoms with Gasteiger partial charge >= 0.3 is 6.09 Å². The number of nitrogens with one attached hydrogen (secondary N) is 2. The first-order valence-corrected chi connectivity index (χ1v) is 8.14. The standard InChI is InChI=1S/C16H23N3O3S/c1-4-21-16(20)18-15(23)17-13-5-7-14(8-6-13)19-9-11(2)22-12(3)10-19/h5-8,11-12H,4,9-10H2,1-3H3,(H2,17,18,20,23)/t11-,12-/m0/s1. The zero-order valence-corrected chi connectivity index (χ0v) is 14.5. The van der Waals surface area contributed by atoms with Crippen LogP contribution in [0.15, 0.2) is 24.3 Å². The van der Waals surface area contributed by atoms with Gasteiger partial charge in [0, 0.05) is 24.5 Å². The zero-order chi connectivity index (χ0) is 16.8. The Kier molecular flexibility index (Phi) is 6.18. The van der Waals surface area contributed by atoms with Gasteiger partial charge in [0.05, 0.1) is 18.8 Å². The van der Waals surface area contributed by atoms with Gasteiger partial charge in [0.1, 0.15) is 0 Å². The molecule has 2 rings (SSSR count). The van der Waals surface area contributed by atoms with E-state index in [2.05, 4.69) is 29.4 Å². The molecule has 0 unspecified atom stereocenters. The van der Waals surface area contributed by atoms with Gasteiger partial charge in [0.15, 0.2) is 5.11 Å². The van der Waals surface area contributed by atoms with Crippen LogP contribution < -0.4 is 15.5 Å². The van der Waals surface area contributed by atoms with Gasteiger partial charge in [-0.2, -0.15) is 0 Å². The van der Waals surface area contributed by atoms with E-state index in [-0.39, 0.29) is 17.3 Å². The van der Waals surface area contributed by atoms with E-state index in [0.29, 0.717) is 6.61 Å². The molecule has 1 fully saturated rings. The number of hydrogen-bond acceptors (Lipinski definition) is 5. The number of nitrogens with zero attached hydrogens (tertiary/aromatic N) is 1. The van der Waals surface area contributed by atoms with Crippen molar-refractivity contribution in [3.8, 4) is 0 Å². The Morgan fingerprint density at radius 1 is 1.30 bits per heavy atom. The van der Waals surface area contributed by atoms with Gasteiger partial charge in [0.2, 0.25) is 0 Å². The first-order valence-electron chi connectivity index (χ1n) is 7.73. The number of amides is 1. The largest absolute Gasteiger partial charge is 0.450 e. The molecule has 2 N–H and O–H groups in total. The maximum Gasteiger partial charge on any atom is 0.413 e. The zero-order valence-electron chi connectivity index (χ0n) is 13.7. The maximum atomic E-state index is 11.3. The summed E-state index contributed by atoms with van der Waals surface area (Å²) in [6, 6.07) is 7.92. The van der Waals surface area contributed by atoms with Gasteiger partial charge in [-0.15, -0.1) is 0 Å². The molecule has 1 heterocycles. The predicted molar refractivity (Wildman–Crippen MR) is 95.0 cm³/mol. The average Bonchev–Trinajstić information content (AvgIpc) is 2.47. The van der Waals surface area contributed by atoms with Crippen LogP contribution in [0, 0.1) is 0 Å². The summed E-state index contributed by atoms with van der Waals surface area (Å²) in [5.41, 5.74) is 1.95. The molecule has 1 aliphatic heterocycles. The number of rotatable bonds is 3. The number of alkyl carbamates (subject to hydrolysis) is 1. The number of carbonyl (C=O) groups is 1. The Labute approximate surface area is 142 Å². The second-order valence-corrected chi connectivity index (χ2v) is 5.92. The molecule has 1 amide bonds. The highest BCUT2D eigenvalue weighted by atomic mass is 32.1. The SMILES string of the molecule is CCOC(=O)NC(=S)Nc1ccc(N2C[C@H](C)O[C@@H](C)C2)cc1. The van der Waals surface area contributed by atoms with Gasteiger partial charge in [-0.25, -0.2) is 4.79 Å². The van der Waals surface area contributed by atoms with Crippen molar-refractivity contribution in [2.75, 3.05) is 29.9 Å². The lowest BCUT2D eigenvalue weighted by molar-refractivity contribution is -0.00521. The van der Waals surface area contributed by atoms with Crippen molar-refractivity contribution in [1.29, 1.82) is 0 Å². The summed E-state index contributed by atoms with van der Waals surface area (Å²) in [6.07, 6.45) is -0.117. The Hall–Kier alpha value is -1.86. The van der Waals surface area contributed by atoms with E-state index in [0.717, 1.165) is 24.5 Å². The molecule has 0 spiro atoms. The highest BCUT2D eigenvalue weighted by molar-refractivity contribution is 7.80. The molecule has 1 saturated heterocycles. The summed E-state index contributed by atoms with van der Waals surface area (Å²) < 4.78 is 10.5. The molecular weight excluding hydrogens is 314 g/mol. The topological polar surface area (TPSA) is 62.8 Å². The third-order valence-corrected chi connectivity index (χ3v) is 3.61. The molecule has 2 atom stereocenters. The third-order valence-electron chi connectivity index (χ3n) is 3.40. The van der Waals surface area contributed by atoms with Crippen LogP contribution in [-0.4, -0.2) is 43.1 Å². The van der Waals surface area contributed by atoms with Crippen molar-refractivity contribution < 1.29 is 14.3 Å². The monoisotopic (exact) mass is 337 g/mol. The molecule has 1 aliphatic rings. The first kappa shape index (κ1) is 17.5. The minimum Gasteiger partial charge on any atom is -0.450 e. The number of thiocarbonyl (C=S) groups is 1. The number of morpholine rings is 1. The minimum absolute atomic E-state index is 0.213. The fraction of sp³-hybridized carbons (Fsp3) is 0.500. The molecule has 7 heteroatoms. The lowest BCUT2D eigenvalue weighted by Gasteiger charge is -2.36. The van der Waals surface area contributed by atoms with Crippen LogP contribution >= 0.6 is 12.2 Å². The van der Waals surface area contributed by atoms with Crippen molar-refractivity contribution >= 4 is 34.8 Å². The van der Waals surface area contributed by atoms with Gasteiger partial charge in [0.25, 0.3) is 0 Å². The summed E-state index contributed by atoms with van der Waals surface area (Å²) >= 11 is 5.07. The summed E-state index contributed by atoms with van der Waals surface area (Å²) in [6.45, 7) is 7.96. The highest BCUT2D eigenvalue weighted by Crippen LogP contribution is 2.22. The molecule has 0 aliphatic carbocycles. The summed E-state index contributed by atoms with van der Waals surface area (Å²) in [7, 11) is 0. The van der Waals surface area contributed by atoms with E-state index in [1.807, 2.05) is 24.3 Å². The van der Waals surface area contributed by atoms with E-state index in [9.17, 15) is 4.79 Å². The van der Waals surface area contributed by atoms with Crippen molar-refractivity contribution in [2.24, 2.45) is 0 Å². The number of anilines is 2. The van der Waals surface area contributed by atoms with Crippen molar-refractivity contribution in [1.82, 2.24) is 5.32 Å². The number of benzene rings is 1. The van der Waals surface area contributed by atoms with Gasteiger partial charge < -0.3 is 19.7 Å². The predicted octanol–water partition coefficient (Wildman–Crippen LogP) is 2.74. The lowest BCUT2D eigenvalue weighted by atomic mass is 10.2. The van der Waals surface area contributed by atoms with E-state index >= 15 is 0 Å². The van der Waals surface area contributed by atoms with Crippen molar-refractivity contribution in [3.05, 3.63) is 24.3 Å². The van der Waals surface area contributed by atoms with Crippen molar-refractivity contribution in [3.63, 3.8) is 0 Å². The molecule has 1 aromatic rings. The highest BCUT2D eigenvalue weighted by Gasteiger charge is 2.22. The Morgan fingerprint density at radius 3 is 2.48 bits per heavy atom. The molecular formula is C16H23N3O3S. The second-order valence-electron chi connectivity index (χ2n) is 5.51. The minimum atomic E-state index is -0.557. The van der Waals surface area contributed by atoms with Crippen LogP contribution in [0.3, 0.4) is 0 Å². The van der Waals surface area contributed by atoms with Crippen LogP contribution in [-0.2, 0) is 9.47 Å². The third kappa shape index (κ3) is 5.37. The molecule has 6 nitrogen and oxygen atoms in total. The molecule has 126 valence electrons. The second kappa shape index (κ2) is 8.12. The van der Waals surface area contributed by atoms with Crippen LogP contribution in [0.5, 0.6) is 0 Å². The van der Waals surface area contributed by atoms with Crippen LogP contribution in [0.25, 0.3) is 0 Å². The van der Waals surface area contributed by atoms with Gasteiger partial charge in [-0.1, -0.05) is 0 Å². The smallest absolute Gasteiger partial charge is 0.413 e. The Morgan fingerprint density at radius 2 is 1.91 bits per heavy atom. The summed E-state index contributed by atoms with van der Waals surface area (Å²) in [5, 5.41) is 5.62. The normalized spacial score (nSPS) is 20.7. The first-order chi connectivity index (χ1) is 11.0. The quantitative estimate of drug-likeness (QED) is 0.827. The fourth-order valence-corrected chi connectivity index (χ4v) is 2.77.